The number of nitrogens with zero attached hydrogens (tertiary/aromatic N) is 1. The van der Waals surface area contributed by atoms with Crippen LogP contribution in [0, 0.1) is 0 Å². The summed E-state index contributed by atoms with van der Waals surface area (Å²) < 4.78 is 10.0. The number of H-pyrrole nitrogens is 1. The van der Waals surface area contributed by atoms with Crippen LogP contribution >= 0.6 is 0 Å². The maximum absolute atomic E-state index is 13.0. The second-order valence-electron chi connectivity index (χ2n) is 7.80. The number of rotatable bonds is 3. The van der Waals surface area contributed by atoms with Crippen molar-refractivity contribution in [3.63, 3.8) is 0 Å². The zero-order valence-corrected chi connectivity index (χ0v) is 16.5. The van der Waals surface area contributed by atoms with Crippen molar-refractivity contribution >= 4 is 28.9 Å². The maximum Gasteiger partial charge on any atom is 0.408 e. The number of esters is 1. The molecule has 1 atom stereocenters. The van der Waals surface area contributed by atoms with Gasteiger partial charge in [-0.3, -0.25) is 9.59 Å². The first kappa shape index (κ1) is 19.7. The second kappa shape index (κ2) is 7.53. The monoisotopic (exact) mass is 387 g/mol. The van der Waals surface area contributed by atoms with Crippen molar-refractivity contribution in [2.75, 3.05) is 13.7 Å². The Balaban J connectivity index is 1.94. The molecule has 0 aliphatic carbocycles. The standard InChI is InChI=1S/C20H25N3O5/c1-20(2,3)28-19(26)22-15-9-13-12-7-5-6-8-14(12)21-16(13)10-23(18(15)25)11-17(24)27-4/h5-8,15,21H,9-11H2,1-4H3,(H,22,26)/t15-/m1/s1. The molecule has 8 nitrogen and oxygen atoms in total. The van der Waals surface area contributed by atoms with E-state index in [9.17, 15) is 14.4 Å². The smallest absolute Gasteiger partial charge is 0.408 e. The average Bonchev–Trinajstić information content (AvgIpc) is 2.89. The summed E-state index contributed by atoms with van der Waals surface area (Å²) in [5.74, 6) is -0.881. The summed E-state index contributed by atoms with van der Waals surface area (Å²) in [4.78, 5) is 41.8. The van der Waals surface area contributed by atoms with Crippen LogP contribution in [-0.2, 0) is 32.0 Å². The van der Waals surface area contributed by atoms with Gasteiger partial charge in [0.05, 0.1) is 13.7 Å². The number of para-hydroxylation sites is 1. The van der Waals surface area contributed by atoms with Gasteiger partial charge in [-0.25, -0.2) is 4.79 Å². The summed E-state index contributed by atoms with van der Waals surface area (Å²) in [7, 11) is 1.27. The Labute approximate surface area is 163 Å². The molecule has 1 aliphatic rings. The lowest BCUT2D eigenvalue weighted by Crippen LogP contribution is -2.50. The van der Waals surface area contributed by atoms with Crippen molar-refractivity contribution in [2.45, 2.75) is 45.4 Å². The Morgan fingerprint density at radius 1 is 1.29 bits per heavy atom. The summed E-state index contributed by atoms with van der Waals surface area (Å²) in [6.45, 7) is 5.29. The van der Waals surface area contributed by atoms with E-state index in [1.807, 2.05) is 24.3 Å². The van der Waals surface area contributed by atoms with E-state index < -0.39 is 23.7 Å². The molecule has 0 fully saturated rings. The normalized spacial score (nSPS) is 17.1. The summed E-state index contributed by atoms with van der Waals surface area (Å²) in [6, 6.07) is 6.92. The van der Waals surface area contributed by atoms with Crippen molar-refractivity contribution in [1.29, 1.82) is 0 Å². The molecule has 2 aromatic rings. The first-order chi connectivity index (χ1) is 13.2. The Hall–Kier alpha value is -3.03. The largest absolute Gasteiger partial charge is 0.468 e. The number of alkyl carbamates (subject to hydrolysis) is 1. The predicted octanol–water partition coefficient (Wildman–Crippen LogP) is 2.12. The van der Waals surface area contributed by atoms with E-state index in [0.29, 0.717) is 6.42 Å². The molecule has 28 heavy (non-hydrogen) atoms. The molecular formula is C20H25N3O5. The van der Waals surface area contributed by atoms with E-state index in [0.717, 1.165) is 22.2 Å². The molecular weight excluding hydrogens is 362 g/mol. The van der Waals surface area contributed by atoms with Gasteiger partial charge in [-0.15, -0.1) is 0 Å². The fourth-order valence-corrected chi connectivity index (χ4v) is 3.32. The first-order valence-electron chi connectivity index (χ1n) is 9.11. The third-order valence-electron chi connectivity index (χ3n) is 4.51. The van der Waals surface area contributed by atoms with Gasteiger partial charge < -0.3 is 24.7 Å². The molecule has 2 N–H and O–H groups in total. The van der Waals surface area contributed by atoms with E-state index in [-0.39, 0.29) is 19.0 Å². The number of carbonyl (C=O) groups excluding carboxylic acids is 3. The van der Waals surface area contributed by atoms with Gasteiger partial charge in [0.2, 0.25) is 5.91 Å². The molecule has 3 rings (SSSR count). The van der Waals surface area contributed by atoms with E-state index in [1.165, 1.54) is 12.0 Å². The first-order valence-corrected chi connectivity index (χ1v) is 9.11. The van der Waals surface area contributed by atoms with Gasteiger partial charge in [-0.05, 0) is 32.4 Å². The van der Waals surface area contributed by atoms with Gasteiger partial charge >= 0.3 is 12.1 Å². The zero-order chi connectivity index (χ0) is 20.5. The minimum Gasteiger partial charge on any atom is -0.468 e. The minimum atomic E-state index is -0.847. The summed E-state index contributed by atoms with van der Waals surface area (Å²) in [5.41, 5.74) is 2.04. The second-order valence-corrected chi connectivity index (χ2v) is 7.80. The van der Waals surface area contributed by atoms with Crippen molar-refractivity contribution in [2.24, 2.45) is 0 Å². The summed E-state index contributed by atoms with van der Waals surface area (Å²) in [6.07, 6.45) is -0.373. The number of fused-ring (bicyclic) bond motifs is 3. The van der Waals surface area contributed by atoms with Crippen LogP contribution < -0.4 is 5.32 Å². The molecule has 1 aliphatic heterocycles. The van der Waals surface area contributed by atoms with E-state index in [2.05, 4.69) is 10.3 Å². The van der Waals surface area contributed by atoms with Crippen LogP contribution in [0.4, 0.5) is 4.79 Å². The number of aromatic nitrogens is 1. The van der Waals surface area contributed by atoms with Gasteiger partial charge in [0.25, 0.3) is 0 Å². The number of methoxy groups -OCH3 is 1. The zero-order valence-electron chi connectivity index (χ0n) is 16.5. The van der Waals surface area contributed by atoms with Gasteiger partial charge in [0, 0.05) is 23.0 Å². The number of nitrogens with one attached hydrogen (secondary N) is 2. The Morgan fingerprint density at radius 2 is 2.00 bits per heavy atom. The third-order valence-corrected chi connectivity index (χ3v) is 4.51. The molecule has 0 saturated heterocycles. The quantitative estimate of drug-likeness (QED) is 0.786. The van der Waals surface area contributed by atoms with E-state index in [1.54, 1.807) is 20.8 Å². The van der Waals surface area contributed by atoms with Crippen molar-refractivity contribution in [1.82, 2.24) is 15.2 Å². The number of benzene rings is 1. The Morgan fingerprint density at radius 3 is 2.68 bits per heavy atom. The van der Waals surface area contributed by atoms with Crippen LogP contribution in [0.15, 0.2) is 24.3 Å². The van der Waals surface area contributed by atoms with Crippen molar-refractivity contribution < 1.29 is 23.9 Å². The average molecular weight is 387 g/mol. The Bertz CT molecular complexity index is 912. The van der Waals surface area contributed by atoms with Gasteiger partial charge in [0.15, 0.2) is 0 Å². The minimum absolute atomic E-state index is 0.198. The highest BCUT2D eigenvalue weighted by Crippen LogP contribution is 2.28. The fraction of sp³-hybridized carbons (Fsp3) is 0.450. The highest BCUT2D eigenvalue weighted by atomic mass is 16.6. The van der Waals surface area contributed by atoms with Crippen molar-refractivity contribution in [3.05, 3.63) is 35.5 Å². The molecule has 0 saturated carbocycles. The van der Waals surface area contributed by atoms with Crippen LogP contribution in [0.25, 0.3) is 10.9 Å². The number of aromatic amines is 1. The molecule has 2 heterocycles. The third kappa shape index (κ3) is 4.27. The maximum atomic E-state index is 13.0. The van der Waals surface area contributed by atoms with Crippen molar-refractivity contribution in [3.8, 4) is 0 Å². The number of ether oxygens (including phenoxy) is 2. The van der Waals surface area contributed by atoms with Crippen LogP contribution in [0.3, 0.4) is 0 Å². The lowest BCUT2D eigenvalue weighted by atomic mass is 10.0. The predicted molar refractivity (Wildman–Crippen MR) is 103 cm³/mol. The highest BCUT2D eigenvalue weighted by Gasteiger charge is 2.34. The van der Waals surface area contributed by atoms with Crippen LogP contribution in [-0.4, -0.2) is 53.2 Å². The van der Waals surface area contributed by atoms with E-state index in [4.69, 9.17) is 9.47 Å². The number of carbonyl (C=O) groups is 3. The summed E-state index contributed by atoms with van der Waals surface area (Å²) >= 11 is 0. The van der Waals surface area contributed by atoms with Crippen LogP contribution in [0.1, 0.15) is 32.0 Å². The molecule has 1 aromatic heterocycles. The molecule has 1 aromatic carbocycles. The molecule has 0 bridgehead atoms. The Kier molecular flexibility index (Phi) is 5.31. The van der Waals surface area contributed by atoms with Gasteiger partial charge in [-0.1, -0.05) is 18.2 Å². The molecule has 0 radical (unpaired) electrons. The van der Waals surface area contributed by atoms with Crippen LogP contribution in [0.2, 0.25) is 0 Å². The molecule has 150 valence electrons. The molecule has 0 spiro atoms. The van der Waals surface area contributed by atoms with Crippen LogP contribution in [0.5, 0.6) is 0 Å². The van der Waals surface area contributed by atoms with Gasteiger partial charge in [0.1, 0.15) is 18.2 Å². The molecule has 2 amide bonds. The number of hydrogen-bond acceptors (Lipinski definition) is 5. The summed E-state index contributed by atoms with van der Waals surface area (Å²) in [5, 5.41) is 3.65. The van der Waals surface area contributed by atoms with Gasteiger partial charge in [-0.2, -0.15) is 0 Å². The fourth-order valence-electron chi connectivity index (χ4n) is 3.32. The SMILES string of the molecule is COC(=O)CN1Cc2[nH]c3ccccc3c2C[C@@H](NC(=O)OC(C)(C)C)C1=O. The highest BCUT2D eigenvalue weighted by molar-refractivity contribution is 5.92. The number of hydrogen-bond donors (Lipinski definition) is 2. The topological polar surface area (TPSA) is 101 Å². The lowest BCUT2D eigenvalue weighted by molar-refractivity contribution is -0.148. The molecule has 0 unspecified atom stereocenters. The number of amides is 2. The van der Waals surface area contributed by atoms with E-state index >= 15 is 0 Å². The molecule has 8 heteroatoms. The lowest BCUT2D eigenvalue weighted by Gasteiger charge is -2.25.